The van der Waals surface area contributed by atoms with Gasteiger partial charge < -0.3 is 9.08 Å². The molecule has 0 aliphatic carbocycles. The fourth-order valence-electron chi connectivity index (χ4n) is 4.14. The van der Waals surface area contributed by atoms with E-state index in [9.17, 15) is 21.6 Å². The van der Waals surface area contributed by atoms with Crippen molar-refractivity contribution in [1.29, 1.82) is 0 Å². The highest BCUT2D eigenvalue weighted by Gasteiger charge is 2.49. The number of hydrogen-bond donors (Lipinski definition) is 0. The maximum atomic E-state index is 13.1. The number of rotatable bonds is 8. The number of halogens is 3. The van der Waals surface area contributed by atoms with Crippen LogP contribution < -0.4 is 4.18 Å². The van der Waals surface area contributed by atoms with Gasteiger partial charge in [-0.3, -0.25) is 0 Å². The van der Waals surface area contributed by atoms with Crippen LogP contribution in [0.15, 0.2) is 103 Å². The maximum absolute atomic E-state index is 13.1. The highest BCUT2D eigenvalue weighted by Crippen LogP contribution is 2.46. The molecule has 0 fully saturated rings. The first kappa shape index (κ1) is 29.9. The summed E-state index contributed by atoms with van der Waals surface area (Å²) in [6, 6.07) is 29.8. The van der Waals surface area contributed by atoms with Crippen LogP contribution in [0.5, 0.6) is 5.75 Å². The molecule has 0 radical (unpaired) electrons. The van der Waals surface area contributed by atoms with E-state index in [1.54, 1.807) is 48.5 Å². The lowest BCUT2D eigenvalue weighted by Gasteiger charge is -2.20. The van der Waals surface area contributed by atoms with Crippen molar-refractivity contribution in [2.45, 2.75) is 26.3 Å². The third kappa shape index (κ3) is 7.49. The molecule has 0 unspecified atom stereocenters. The Labute approximate surface area is 228 Å². The van der Waals surface area contributed by atoms with Crippen molar-refractivity contribution in [3.8, 4) is 39.1 Å². The SMILES string of the molecule is CCN(CC)CC.O=S(=O)(Oc1ccc(-c2ccccc2)c(-c2ccccc2)c1-c1ccccc1)C(F)(F)F. The van der Waals surface area contributed by atoms with Crippen LogP contribution in [0.2, 0.25) is 0 Å². The Balaban J connectivity index is 0.000000532. The van der Waals surface area contributed by atoms with E-state index >= 15 is 0 Å². The second kappa shape index (κ2) is 13.4. The molecule has 4 nitrogen and oxygen atoms in total. The second-order valence-electron chi connectivity index (χ2n) is 8.56. The highest BCUT2D eigenvalue weighted by atomic mass is 32.2. The molecule has 4 aromatic carbocycles. The maximum Gasteiger partial charge on any atom is 0.534 e. The number of hydrogen-bond acceptors (Lipinski definition) is 4. The normalized spacial score (nSPS) is 11.6. The summed E-state index contributed by atoms with van der Waals surface area (Å²) in [5, 5.41) is 0. The molecule has 0 saturated heterocycles. The van der Waals surface area contributed by atoms with Gasteiger partial charge in [0, 0.05) is 11.1 Å². The van der Waals surface area contributed by atoms with Gasteiger partial charge in [0.2, 0.25) is 0 Å². The zero-order chi connectivity index (χ0) is 28.5. The number of nitrogens with zero attached hydrogens (tertiary/aromatic N) is 1. The van der Waals surface area contributed by atoms with Crippen LogP contribution >= 0.6 is 0 Å². The molecular weight excluding hydrogens is 523 g/mol. The standard InChI is InChI=1S/C25H17F3O3S.C6H15N/c26-25(27,28)32(29,30)31-22-17-16-21(18-10-4-1-5-11-18)23(19-12-6-2-7-13-19)24(22)20-14-8-3-9-15-20;1-4-7(5-2)6-3/h1-17H;4-6H2,1-3H3. The molecule has 0 bridgehead atoms. The minimum absolute atomic E-state index is 0.256. The number of alkyl halides is 3. The van der Waals surface area contributed by atoms with Crippen molar-refractivity contribution in [1.82, 2.24) is 4.90 Å². The van der Waals surface area contributed by atoms with Gasteiger partial charge in [-0.2, -0.15) is 21.6 Å². The molecule has 0 aromatic heterocycles. The zero-order valence-electron chi connectivity index (χ0n) is 22.2. The van der Waals surface area contributed by atoms with Gasteiger partial charge in [0.1, 0.15) is 0 Å². The minimum atomic E-state index is -5.86. The predicted molar refractivity (Wildman–Crippen MR) is 152 cm³/mol. The lowest BCUT2D eigenvalue weighted by molar-refractivity contribution is -0.0499. The highest BCUT2D eigenvalue weighted by molar-refractivity contribution is 7.88. The fourth-order valence-corrected chi connectivity index (χ4v) is 4.61. The van der Waals surface area contributed by atoms with Crippen molar-refractivity contribution in [3.63, 3.8) is 0 Å². The first-order chi connectivity index (χ1) is 18.6. The molecule has 0 saturated carbocycles. The smallest absolute Gasteiger partial charge is 0.375 e. The van der Waals surface area contributed by atoms with Crippen molar-refractivity contribution >= 4 is 10.1 Å². The average Bonchev–Trinajstić information content (AvgIpc) is 2.95. The van der Waals surface area contributed by atoms with Gasteiger partial charge in [-0.25, -0.2) is 0 Å². The van der Waals surface area contributed by atoms with E-state index in [-0.39, 0.29) is 5.56 Å². The fraction of sp³-hybridized carbons (Fsp3) is 0.226. The summed E-state index contributed by atoms with van der Waals surface area (Å²) in [5.41, 5.74) is -1.94. The molecule has 206 valence electrons. The van der Waals surface area contributed by atoms with Crippen LogP contribution in [0.25, 0.3) is 33.4 Å². The van der Waals surface area contributed by atoms with Crippen molar-refractivity contribution in [2.75, 3.05) is 19.6 Å². The molecule has 0 amide bonds. The molecular formula is C31H32F3NO3S. The van der Waals surface area contributed by atoms with E-state index in [1.807, 2.05) is 48.5 Å². The third-order valence-corrected chi connectivity index (χ3v) is 7.17. The second-order valence-corrected chi connectivity index (χ2v) is 10.1. The monoisotopic (exact) mass is 555 g/mol. The minimum Gasteiger partial charge on any atom is -0.375 e. The van der Waals surface area contributed by atoms with E-state index in [2.05, 4.69) is 29.9 Å². The molecule has 0 aliphatic heterocycles. The van der Waals surface area contributed by atoms with Crippen LogP contribution in [0, 0.1) is 0 Å². The van der Waals surface area contributed by atoms with Crippen molar-refractivity contribution < 1.29 is 25.8 Å². The van der Waals surface area contributed by atoms with Gasteiger partial charge in [0.05, 0.1) is 0 Å². The Morgan fingerprint density at radius 1 is 0.615 bits per heavy atom. The van der Waals surface area contributed by atoms with Crippen LogP contribution in [-0.4, -0.2) is 38.5 Å². The van der Waals surface area contributed by atoms with Gasteiger partial charge >= 0.3 is 15.6 Å². The molecule has 0 atom stereocenters. The Morgan fingerprint density at radius 2 is 1.03 bits per heavy atom. The summed E-state index contributed by atoms with van der Waals surface area (Å²) < 4.78 is 67.7. The molecule has 0 spiro atoms. The van der Waals surface area contributed by atoms with Crippen LogP contribution in [-0.2, 0) is 10.1 Å². The molecule has 4 rings (SSSR count). The van der Waals surface area contributed by atoms with Crippen LogP contribution in [0.3, 0.4) is 0 Å². The topological polar surface area (TPSA) is 46.6 Å². The Kier molecular flexibility index (Phi) is 10.3. The van der Waals surface area contributed by atoms with E-state index < -0.39 is 21.4 Å². The predicted octanol–water partition coefficient (Wildman–Crippen LogP) is 8.26. The van der Waals surface area contributed by atoms with Gasteiger partial charge in [-0.05, 0) is 54.0 Å². The molecule has 0 aliphatic rings. The quantitative estimate of drug-likeness (QED) is 0.162. The first-order valence-corrected chi connectivity index (χ1v) is 14.1. The summed E-state index contributed by atoms with van der Waals surface area (Å²) in [4.78, 5) is 2.38. The van der Waals surface area contributed by atoms with E-state index in [4.69, 9.17) is 0 Å². The molecule has 0 heterocycles. The summed E-state index contributed by atoms with van der Waals surface area (Å²) >= 11 is 0. The van der Waals surface area contributed by atoms with E-state index in [0.29, 0.717) is 16.7 Å². The summed E-state index contributed by atoms with van der Waals surface area (Å²) in [6.45, 7) is 10.1. The van der Waals surface area contributed by atoms with Gasteiger partial charge in [0.25, 0.3) is 0 Å². The lowest BCUT2D eigenvalue weighted by Crippen LogP contribution is -2.28. The Bertz CT molecular complexity index is 1420. The van der Waals surface area contributed by atoms with E-state index in [0.717, 1.165) is 11.1 Å². The van der Waals surface area contributed by atoms with Crippen molar-refractivity contribution in [2.24, 2.45) is 0 Å². The molecule has 39 heavy (non-hydrogen) atoms. The molecule has 4 aromatic rings. The lowest BCUT2D eigenvalue weighted by atomic mass is 9.87. The average molecular weight is 556 g/mol. The van der Waals surface area contributed by atoms with Crippen molar-refractivity contribution in [3.05, 3.63) is 103 Å². The van der Waals surface area contributed by atoms with Crippen LogP contribution in [0.1, 0.15) is 20.8 Å². The van der Waals surface area contributed by atoms with E-state index in [1.165, 1.54) is 25.7 Å². The van der Waals surface area contributed by atoms with Gasteiger partial charge in [-0.1, -0.05) is 112 Å². The summed E-state index contributed by atoms with van der Waals surface area (Å²) in [7, 11) is -5.86. The Morgan fingerprint density at radius 3 is 1.41 bits per heavy atom. The van der Waals surface area contributed by atoms with Crippen LogP contribution in [0.4, 0.5) is 13.2 Å². The first-order valence-electron chi connectivity index (χ1n) is 12.7. The van der Waals surface area contributed by atoms with Gasteiger partial charge in [0.15, 0.2) is 5.75 Å². The third-order valence-electron chi connectivity index (χ3n) is 6.20. The summed E-state index contributed by atoms with van der Waals surface area (Å²) in [6.07, 6.45) is 0. The molecule has 0 N–H and O–H groups in total. The zero-order valence-corrected chi connectivity index (χ0v) is 23.0. The number of benzene rings is 4. The Hall–Kier alpha value is -3.62. The molecule has 8 heteroatoms. The van der Waals surface area contributed by atoms with Gasteiger partial charge in [-0.15, -0.1) is 0 Å². The summed E-state index contributed by atoms with van der Waals surface area (Å²) in [5.74, 6) is -0.396. The largest absolute Gasteiger partial charge is 0.534 e.